The van der Waals surface area contributed by atoms with Crippen LogP contribution < -0.4 is 0 Å². The fourth-order valence-electron chi connectivity index (χ4n) is 3.56. The van der Waals surface area contributed by atoms with Crippen LogP contribution in [0, 0.1) is 0 Å². The lowest BCUT2D eigenvalue weighted by Gasteiger charge is -2.15. The van der Waals surface area contributed by atoms with Crippen molar-refractivity contribution in [2.24, 2.45) is 0 Å². The minimum Gasteiger partial charge on any atom is -0.334 e. The molecule has 31 heavy (non-hydrogen) atoms. The van der Waals surface area contributed by atoms with E-state index in [1.165, 1.54) is 0 Å². The van der Waals surface area contributed by atoms with Gasteiger partial charge in [-0.05, 0) is 59.7 Å². The molecule has 0 bridgehead atoms. The minimum atomic E-state index is -0.150. The summed E-state index contributed by atoms with van der Waals surface area (Å²) in [7, 11) is 1.75. The van der Waals surface area contributed by atoms with Gasteiger partial charge in [0.15, 0.2) is 5.69 Å². The van der Waals surface area contributed by atoms with Gasteiger partial charge in [-0.1, -0.05) is 12.1 Å². The van der Waals surface area contributed by atoms with Crippen molar-refractivity contribution in [1.82, 2.24) is 29.0 Å². The average Bonchev–Trinajstić information content (AvgIpc) is 3.46. The SMILES string of the molecule is CN(Cc1ccccn1)C(=O)c1ccn(-c2ccc3ccc(-c4ccncc4)cn23)n1. The summed E-state index contributed by atoms with van der Waals surface area (Å²) in [6.07, 6.45) is 9.16. The van der Waals surface area contributed by atoms with E-state index < -0.39 is 0 Å². The van der Waals surface area contributed by atoms with Gasteiger partial charge in [-0.2, -0.15) is 5.10 Å². The van der Waals surface area contributed by atoms with Crippen LogP contribution in [-0.4, -0.2) is 42.0 Å². The molecule has 1 amide bonds. The molecule has 0 unspecified atom stereocenters. The molecular formula is C24H20N6O. The first kappa shape index (κ1) is 18.7. The molecule has 0 N–H and O–H groups in total. The van der Waals surface area contributed by atoms with Gasteiger partial charge >= 0.3 is 0 Å². The quantitative estimate of drug-likeness (QED) is 0.443. The van der Waals surface area contributed by atoms with E-state index in [1.54, 1.807) is 41.3 Å². The Bertz CT molecular complexity index is 1340. The third kappa shape index (κ3) is 3.69. The smallest absolute Gasteiger partial charge is 0.274 e. The molecule has 0 fully saturated rings. The number of pyridine rings is 3. The molecule has 5 rings (SSSR count). The van der Waals surface area contributed by atoms with Crippen LogP contribution in [0.4, 0.5) is 0 Å². The van der Waals surface area contributed by atoms with E-state index in [9.17, 15) is 4.79 Å². The number of fused-ring (bicyclic) bond motifs is 1. The van der Waals surface area contributed by atoms with Crippen molar-refractivity contribution >= 4 is 11.4 Å². The molecule has 0 atom stereocenters. The van der Waals surface area contributed by atoms with E-state index >= 15 is 0 Å². The molecule has 0 saturated heterocycles. The highest BCUT2D eigenvalue weighted by Gasteiger charge is 2.17. The van der Waals surface area contributed by atoms with Crippen LogP contribution >= 0.6 is 0 Å². The molecule has 0 radical (unpaired) electrons. The summed E-state index contributed by atoms with van der Waals surface area (Å²) in [6, 6.07) is 19.5. The Balaban J connectivity index is 1.43. The number of nitrogens with zero attached hydrogens (tertiary/aromatic N) is 6. The lowest BCUT2D eigenvalue weighted by atomic mass is 10.1. The first-order valence-corrected chi connectivity index (χ1v) is 9.92. The Kier molecular flexibility index (Phi) is 4.76. The molecule has 0 aliphatic carbocycles. The van der Waals surface area contributed by atoms with Gasteiger partial charge in [-0.15, -0.1) is 0 Å². The standard InChI is InChI=1S/C24H20N6O/c1-28(17-20-4-2-3-12-26-20)24(31)22-11-15-30(27-22)23-8-7-21-6-5-19(16-29(21)23)18-9-13-25-14-10-18/h2-16H,17H2,1H3. The molecule has 0 spiro atoms. The van der Waals surface area contributed by atoms with Gasteiger partial charge in [0.25, 0.3) is 5.91 Å². The van der Waals surface area contributed by atoms with Gasteiger partial charge < -0.3 is 9.30 Å². The minimum absolute atomic E-state index is 0.150. The van der Waals surface area contributed by atoms with E-state index in [2.05, 4.69) is 37.8 Å². The Morgan fingerprint density at radius 1 is 0.935 bits per heavy atom. The van der Waals surface area contributed by atoms with Crippen LogP contribution in [0.1, 0.15) is 16.2 Å². The molecule has 152 valence electrons. The van der Waals surface area contributed by atoms with Crippen LogP contribution in [0.2, 0.25) is 0 Å². The second-order valence-corrected chi connectivity index (χ2v) is 7.27. The van der Waals surface area contributed by atoms with Crippen molar-refractivity contribution in [2.45, 2.75) is 6.54 Å². The van der Waals surface area contributed by atoms with Gasteiger partial charge in [0.2, 0.25) is 0 Å². The lowest BCUT2D eigenvalue weighted by molar-refractivity contribution is 0.0777. The van der Waals surface area contributed by atoms with E-state index in [0.717, 1.165) is 28.2 Å². The van der Waals surface area contributed by atoms with Crippen LogP contribution in [0.5, 0.6) is 0 Å². The zero-order valence-electron chi connectivity index (χ0n) is 17.0. The molecule has 0 aliphatic rings. The molecular weight excluding hydrogens is 388 g/mol. The predicted octanol–water partition coefficient (Wildman–Crippen LogP) is 3.85. The fraction of sp³-hybridized carbons (Fsp3) is 0.0833. The van der Waals surface area contributed by atoms with Crippen LogP contribution in [-0.2, 0) is 6.54 Å². The molecule has 5 heterocycles. The third-order valence-electron chi connectivity index (χ3n) is 5.16. The molecule has 0 saturated carbocycles. The number of carbonyl (C=O) groups excluding carboxylic acids is 1. The maximum absolute atomic E-state index is 12.8. The van der Waals surface area contributed by atoms with Gasteiger partial charge in [-0.3, -0.25) is 14.8 Å². The van der Waals surface area contributed by atoms with E-state index in [-0.39, 0.29) is 5.91 Å². The number of carbonyl (C=O) groups is 1. The summed E-state index contributed by atoms with van der Waals surface area (Å²) in [5.41, 5.74) is 4.43. The second-order valence-electron chi connectivity index (χ2n) is 7.27. The Labute approximate surface area is 179 Å². The molecule has 7 heteroatoms. The summed E-state index contributed by atoms with van der Waals surface area (Å²) in [6.45, 7) is 0.426. The number of amides is 1. The Morgan fingerprint density at radius 2 is 1.77 bits per heavy atom. The second kappa shape index (κ2) is 7.87. The predicted molar refractivity (Wildman–Crippen MR) is 118 cm³/mol. The summed E-state index contributed by atoms with van der Waals surface area (Å²) >= 11 is 0. The molecule has 0 aliphatic heterocycles. The summed E-state index contributed by atoms with van der Waals surface area (Å²) in [4.78, 5) is 22.8. The third-order valence-corrected chi connectivity index (χ3v) is 5.16. The summed E-state index contributed by atoms with van der Waals surface area (Å²) in [5.74, 6) is 0.708. The highest BCUT2D eigenvalue weighted by Crippen LogP contribution is 2.22. The first-order chi connectivity index (χ1) is 15.2. The Morgan fingerprint density at radius 3 is 2.58 bits per heavy atom. The normalized spacial score (nSPS) is 11.0. The van der Waals surface area contributed by atoms with Crippen molar-refractivity contribution in [3.05, 3.63) is 103 Å². The van der Waals surface area contributed by atoms with Crippen LogP contribution in [0.15, 0.2) is 91.6 Å². The number of aromatic nitrogens is 5. The van der Waals surface area contributed by atoms with Crippen LogP contribution in [0.3, 0.4) is 0 Å². The monoisotopic (exact) mass is 408 g/mol. The number of hydrogen-bond acceptors (Lipinski definition) is 4. The average molecular weight is 408 g/mol. The van der Waals surface area contributed by atoms with Gasteiger partial charge in [0.05, 0.1) is 12.2 Å². The van der Waals surface area contributed by atoms with Gasteiger partial charge in [-0.25, -0.2) is 4.68 Å². The summed E-state index contributed by atoms with van der Waals surface area (Å²) in [5, 5.41) is 4.54. The first-order valence-electron chi connectivity index (χ1n) is 9.92. The van der Waals surface area contributed by atoms with Crippen molar-refractivity contribution in [1.29, 1.82) is 0 Å². The number of hydrogen-bond donors (Lipinski definition) is 0. The van der Waals surface area contributed by atoms with Crippen molar-refractivity contribution in [2.75, 3.05) is 7.05 Å². The van der Waals surface area contributed by atoms with Gasteiger partial charge in [0.1, 0.15) is 5.82 Å². The topological polar surface area (TPSA) is 68.3 Å². The zero-order valence-corrected chi connectivity index (χ0v) is 17.0. The maximum atomic E-state index is 12.8. The van der Waals surface area contributed by atoms with E-state index in [4.69, 9.17) is 0 Å². The van der Waals surface area contributed by atoms with Gasteiger partial charge in [0, 0.05) is 43.5 Å². The highest BCUT2D eigenvalue weighted by atomic mass is 16.2. The van der Waals surface area contributed by atoms with E-state index in [1.807, 2.05) is 48.7 Å². The molecule has 7 nitrogen and oxygen atoms in total. The van der Waals surface area contributed by atoms with Crippen molar-refractivity contribution in [3.63, 3.8) is 0 Å². The highest BCUT2D eigenvalue weighted by molar-refractivity contribution is 5.92. The Hall–Kier alpha value is -4.26. The maximum Gasteiger partial charge on any atom is 0.274 e. The fourth-order valence-corrected chi connectivity index (χ4v) is 3.56. The van der Waals surface area contributed by atoms with Crippen molar-refractivity contribution < 1.29 is 4.79 Å². The van der Waals surface area contributed by atoms with E-state index in [0.29, 0.717) is 12.2 Å². The van der Waals surface area contributed by atoms with Crippen molar-refractivity contribution in [3.8, 4) is 16.9 Å². The molecule has 5 aromatic heterocycles. The molecule has 5 aromatic rings. The largest absolute Gasteiger partial charge is 0.334 e. The lowest BCUT2D eigenvalue weighted by Crippen LogP contribution is -2.27. The number of rotatable bonds is 5. The zero-order chi connectivity index (χ0) is 21.2. The van der Waals surface area contributed by atoms with Crippen LogP contribution in [0.25, 0.3) is 22.5 Å². The summed E-state index contributed by atoms with van der Waals surface area (Å²) < 4.78 is 3.79. The molecule has 0 aromatic carbocycles.